The molecule has 0 unspecified atom stereocenters. The molecular weight excluding hydrogens is 424 g/mol. The first-order chi connectivity index (χ1) is 14.5. The summed E-state index contributed by atoms with van der Waals surface area (Å²) in [5.74, 6) is 2.01. The Balaban J connectivity index is 1.61. The van der Waals surface area contributed by atoms with E-state index >= 15 is 0 Å². The quantitative estimate of drug-likeness (QED) is 0.485. The van der Waals surface area contributed by atoms with Crippen LogP contribution in [0.15, 0.2) is 47.6 Å². The Hall–Kier alpha value is -2.71. The Morgan fingerprint density at radius 2 is 2.00 bits per heavy atom. The van der Waals surface area contributed by atoms with E-state index in [0.29, 0.717) is 39.7 Å². The molecule has 0 aliphatic rings. The van der Waals surface area contributed by atoms with Gasteiger partial charge in [-0.05, 0) is 43.7 Å². The number of thioether (sulfide) groups is 1. The standard InChI is InChI=1S/C21H23ClN4O3S/c1-4-26-19(12-29-17-10-9-14(2)11-18(17)28-3)24-25-21(26)30-13-20(27)23-16-8-6-5-7-15(16)22/h5-11H,4,12-13H2,1-3H3,(H,23,27). The van der Waals surface area contributed by atoms with Crippen molar-refractivity contribution in [3.05, 3.63) is 58.9 Å². The van der Waals surface area contributed by atoms with E-state index in [1.165, 1.54) is 11.8 Å². The first-order valence-electron chi connectivity index (χ1n) is 9.38. The average molecular weight is 447 g/mol. The normalized spacial score (nSPS) is 10.7. The zero-order chi connectivity index (χ0) is 21.5. The van der Waals surface area contributed by atoms with Crippen molar-refractivity contribution in [2.45, 2.75) is 32.2 Å². The fraction of sp³-hybridized carbons (Fsp3) is 0.286. The number of nitrogens with zero attached hydrogens (tertiary/aromatic N) is 3. The third-order valence-electron chi connectivity index (χ3n) is 4.27. The van der Waals surface area contributed by atoms with Gasteiger partial charge in [0.05, 0.1) is 23.6 Å². The molecule has 0 atom stereocenters. The molecule has 0 saturated carbocycles. The fourth-order valence-electron chi connectivity index (χ4n) is 2.77. The molecule has 7 nitrogen and oxygen atoms in total. The largest absolute Gasteiger partial charge is 0.493 e. The predicted molar refractivity (Wildman–Crippen MR) is 119 cm³/mol. The second-order valence-electron chi connectivity index (χ2n) is 6.40. The van der Waals surface area contributed by atoms with Crippen molar-refractivity contribution < 1.29 is 14.3 Å². The van der Waals surface area contributed by atoms with E-state index in [0.717, 1.165) is 5.56 Å². The maximum Gasteiger partial charge on any atom is 0.234 e. The van der Waals surface area contributed by atoms with E-state index in [2.05, 4.69) is 15.5 Å². The summed E-state index contributed by atoms with van der Waals surface area (Å²) in [4.78, 5) is 12.3. The number of methoxy groups -OCH3 is 1. The van der Waals surface area contributed by atoms with Crippen molar-refractivity contribution in [2.75, 3.05) is 18.2 Å². The number of amides is 1. The van der Waals surface area contributed by atoms with Crippen molar-refractivity contribution in [3.63, 3.8) is 0 Å². The van der Waals surface area contributed by atoms with Gasteiger partial charge in [0.1, 0.15) is 6.61 Å². The van der Waals surface area contributed by atoms with E-state index < -0.39 is 0 Å². The number of aryl methyl sites for hydroxylation is 1. The van der Waals surface area contributed by atoms with Gasteiger partial charge in [0.15, 0.2) is 22.5 Å². The smallest absolute Gasteiger partial charge is 0.234 e. The van der Waals surface area contributed by atoms with Gasteiger partial charge in [-0.3, -0.25) is 4.79 Å². The Labute approximate surface area is 184 Å². The molecule has 9 heteroatoms. The number of hydrogen-bond donors (Lipinski definition) is 1. The van der Waals surface area contributed by atoms with Crippen LogP contribution in [0.5, 0.6) is 11.5 Å². The molecule has 1 heterocycles. The van der Waals surface area contributed by atoms with Gasteiger partial charge in [0.2, 0.25) is 5.91 Å². The van der Waals surface area contributed by atoms with Gasteiger partial charge in [0, 0.05) is 6.54 Å². The zero-order valence-electron chi connectivity index (χ0n) is 17.0. The highest BCUT2D eigenvalue weighted by Gasteiger charge is 2.15. The maximum atomic E-state index is 12.3. The molecule has 1 N–H and O–H groups in total. The van der Waals surface area contributed by atoms with E-state index in [4.69, 9.17) is 21.1 Å². The number of nitrogens with one attached hydrogen (secondary N) is 1. The summed E-state index contributed by atoms with van der Waals surface area (Å²) in [6, 6.07) is 12.9. The Morgan fingerprint density at radius 3 is 2.73 bits per heavy atom. The molecule has 0 bridgehead atoms. The molecule has 2 aromatic carbocycles. The van der Waals surface area contributed by atoms with Crippen LogP contribution in [0.1, 0.15) is 18.3 Å². The molecule has 1 aromatic heterocycles. The molecule has 3 rings (SSSR count). The summed E-state index contributed by atoms with van der Waals surface area (Å²) in [5.41, 5.74) is 1.67. The molecule has 30 heavy (non-hydrogen) atoms. The molecule has 3 aromatic rings. The number of aromatic nitrogens is 3. The van der Waals surface area contributed by atoms with Crippen LogP contribution in [0.2, 0.25) is 5.02 Å². The minimum absolute atomic E-state index is 0.166. The summed E-state index contributed by atoms with van der Waals surface area (Å²) in [5, 5.41) is 12.4. The number of ether oxygens (including phenoxy) is 2. The van der Waals surface area contributed by atoms with Crippen molar-refractivity contribution in [2.24, 2.45) is 0 Å². The SMILES string of the molecule is CCn1c(COc2ccc(C)cc2OC)nnc1SCC(=O)Nc1ccccc1Cl. The number of carbonyl (C=O) groups is 1. The second kappa shape index (κ2) is 10.4. The molecule has 0 aliphatic carbocycles. The number of halogens is 1. The maximum absolute atomic E-state index is 12.3. The van der Waals surface area contributed by atoms with E-state index in [9.17, 15) is 4.79 Å². The average Bonchev–Trinajstić information content (AvgIpc) is 3.14. The summed E-state index contributed by atoms with van der Waals surface area (Å²) in [6.07, 6.45) is 0. The van der Waals surface area contributed by atoms with Crippen LogP contribution < -0.4 is 14.8 Å². The molecule has 0 radical (unpaired) electrons. The molecular formula is C21H23ClN4O3S. The third kappa shape index (κ3) is 5.46. The minimum atomic E-state index is -0.166. The molecule has 0 fully saturated rings. The number of benzene rings is 2. The highest BCUT2D eigenvalue weighted by atomic mass is 35.5. The lowest BCUT2D eigenvalue weighted by atomic mass is 10.2. The third-order valence-corrected chi connectivity index (χ3v) is 5.56. The Bertz CT molecular complexity index is 1030. The molecule has 1 amide bonds. The first-order valence-corrected chi connectivity index (χ1v) is 10.7. The van der Waals surface area contributed by atoms with Crippen LogP contribution >= 0.6 is 23.4 Å². The van der Waals surface area contributed by atoms with Gasteiger partial charge in [0.25, 0.3) is 0 Å². The van der Waals surface area contributed by atoms with E-state index in [1.807, 2.05) is 48.7 Å². The zero-order valence-corrected chi connectivity index (χ0v) is 18.6. The van der Waals surface area contributed by atoms with Crippen LogP contribution in [0.25, 0.3) is 0 Å². The monoisotopic (exact) mass is 446 g/mol. The van der Waals surface area contributed by atoms with E-state index in [1.54, 1.807) is 19.2 Å². The second-order valence-corrected chi connectivity index (χ2v) is 7.75. The van der Waals surface area contributed by atoms with Gasteiger partial charge in [-0.25, -0.2) is 0 Å². The van der Waals surface area contributed by atoms with Gasteiger partial charge in [-0.15, -0.1) is 10.2 Å². The van der Waals surface area contributed by atoms with Crippen LogP contribution in [0.3, 0.4) is 0 Å². The number of rotatable bonds is 9. The summed E-state index contributed by atoms with van der Waals surface area (Å²) < 4.78 is 13.2. The summed E-state index contributed by atoms with van der Waals surface area (Å²) >= 11 is 7.39. The van der Waals surface area contributed by atoms with E-state index in [-0.39, 0.29) is 18.3 Å². The van der Waals surface area contributed by atoms with Crippen molar-refractivity contribution in [1.29, 1.82) is 0 Å². The lowest BCUT2D eigenvalue weighted by Crippen LogP contribution is -2.15. The van der Waals surface area contributed by atoms with Crippen LogP contribution in [0, 0.1) is 6.92 Å². The molecule has 0 saturated heterocycles. The topological polar surface area (TPSA) is 78.3 Å². The highest BCUT2D eigenvalue weighted by molar-refractivity contribution is 7.99. The molecule has 0 aliphatic heterocycles. The molecule has 158 valence electrons. The van der Waals surface area contributed by atoms with Crippen molar-refractivity contribution in [1.82, 2.24) is 14.8 Å². The lowest BCUT2D eigenvalue weighted by Gasteiger charge is -2.12. The minimum Gasteiger partial charge on any atom is -0.493 e. The van der Waals surface area contributed by atoms with Gasteiger partial charge in [-0.2, -0.15) is 0 Å². The van der Waals surface area contributed by atoms with Crippen molar-refractivity contribution in [3.8, 4) is 11.5 Å². The summed E-state index contributed by atoms with van der Waals surface area (Å²) in [6.45, 7) is 4.89. The number of anilines is 1. The number of hydrogen-bond acceptors (Lipinski definition) is 6. The van der Waals surface area contributed by atoms with Gasteiger partial charge >= 0.3 is 0 Å². The Kier molecular flexibility index (Phi) is 7.59. The highest BCUT2D eigenvalue weighted by Crippen LogP contribution is 2.29. The summed E-state index contributed by atoms with van der Waals surface area (Å²) in [7, 11) is 1.61. The first kappa shape index (κ1) is 22.0. The van der Waals surface area contributed by atoms with Crippen LogP contribution in [-0.2, 0) is 17.9 Å². The predicted octanol–water partition coefficient (Wildman–Crippen LogP) is 4.58. The molecule has 0 spiro atoms. The lowest BCUT2D eigenvalue weighted by molar-refractivity contribution is -0.113. The van der Waals surface area contributed by atoms with Gasteiger partial charge in [-0.1, -0.05) is 41.6 Å². The van der Waals surface area contributed by atoms with Crippen LogP contribution in [0.4, 0.5) is 5.69 Å². The van der Waals surface area contributed by atoms with Crippen molar-refractivity contribution >= 4 is 35.0 Å². The van der Waals surface area contributed by atoms with Gasteiger partial charge < -0.3 is 19.4 Å². The van der Waals surface area contributed by atoms with Crippen LogP contribution in [-0.4, -0.2) is 33.5 Å². The number of para-hydroxylation sites is 1. The number of carbonyl (C=O) groups excluding carboxylic acids is 1. The fourth-order valence-corrected chi connectivity index (χ4v) is 3.77. The Morgan fingerprint density at radius 1 is 1.20 bits per heavy atom.